The summed E-state index contributed by atoms with van der Waals surface area (Å²) in [6.07, 6.45) is 6.13. The van der Waals surface area contributed by atoms with Gasteiger partial charge in [0, 0.05) is 5.33 Å². The molecule has 0 spiro atoms. The maximum absolute atomic E-state index is 13.3. The molecule has 0 aromatic carbocycles. The van der Waals surface area contributed by atoms with Crippen LogP contribution in [0.3, 0.4) is 0 Å². The Balaban J connectivity index is 1.52. The highest BCUT2D eigenvalue weighted by molar-refractivity contribution is 9.09. The van der Waals surface area contributed by atoms with Crippen molar-refractivity contribution in [1.82, 2.24) is 0 Å². The van der Waals surface area contributed by atoms with Crippen molar-refractivity contribution in [2.45, 2.75) is 76.7 Å². The number of alkyl halides is 3. The molecule has 0 saturated heterocycles. The molecule has 4 heteroatoms. The van der Waals surface area contributed by atoms with Crippen molar-refractivity contribution in [1.29, 1.82) is 0 Å². The molecule has 8 atom stereocenters. The van der Waals surface area contributed by atoms with E-state index in [1.165, 1.54) is 37.7 Å². The van der Waals surface area contributed by atoms with E-state index in [4.69, 9.17) is 0 Å². The van der Waals surface area contributed by atoms with Crippen LogP contribution in [0.4, 0.5) is 8.78 Å². The zero-order valence-corrected chi connectivity index (χ0v) is 17.5. The minimum atomic E-state index is -2.60. The van der Waals surface area contributed by atoms with Crippen molar-refractivity contribution >= 4 is 15.9 Å². The lowest BCUT2D eigenvalue weighted by molar-refractivity contribution is -0.158. The van der Waals surface area contributed by atoms with E-state index in [9.17, 15) is 13.9 Å². The van der Waals surface area contributed by atoms with E-state index in [0.717, 1.165) is 30.0 Å². The number of rotatable bonds is 3. The Kier molecular flexibility index (Phi) is 5.08. The molecule has 4 aliphatic carbocycles. The third kappa shape index (κ3) is 2.84. The number of halogens is 3. The Morgan fingerprint density at radius 3 is 2.50 bits per heavy atom. The summed E-state index contributed by atoms with van der Waals surface area (Å²) in [6.45, 7) is 6.85. The summed E-state index contributed by atoms with van der Waals surface area (Å²) in [5.74, 6) is 3.75. The summed E-state index contributed by atoms with van der Waals surface area (Å²) in [4.78, 5) is 0. The Morgan fingerprint density at radius 2 is 1.81 bits per heavy atom. The fourth-order valence-corrected chi connectivity index (χ4v) is 8.26. The van der Waals surface area contributed by atoms with E-state index in [1.54, 1.807) is 0 Å². The standard InChI is InChI=1S/C22H33BrF2O/c1-13(12-23)18-5-6-19-17-4-3-14-11-22(26,20(24)25)10-8-15(14)16(17)7-9-21(18,19)2/h14-20,26H,1,3-12H2,2H3/t14-,15-,16+,17+,18+,19-,21+,22-/m0/s1. The summed E-state index contributed by atoms with van der Waals surface area (Å²) in [6, 6.07) is 0. The predicted octanol–water partition coefficient (Wildman–Crippen LogP) is 6.20. The lowest BCUT2D eigenvalue weighted by atomic mass is 9.48. The van der Waals surface area contributed by atoms with Gasteiger partial charge in [0.25, 0.3) is 6.43 Å². The highest BCUT2D eigenvalue weighted by Crippen LogP contribution is 2.65. The molecule has 26 heavy (non-hydrogen) atoms. The van der Waals surface area contributed by atoms with Crippen LogP contribution in [-0.4, -0.2) is 22.5 Å². The molecule has 0 unspecified atom stereocenters. The Bertz CT molecular complexity index is 566. The highest BCUT2D eigenvalue weighted by Gasteiger charge is 2.58. The van der Waals surface area contributed by atoms with E-state index in [1.807, 2.05) is 0 Å². The van der Waals surface area contributed by atoms with Crippen molar-refractivity contribution in [3.63, 3.8) is 0 Å². The Labute approximate surface area is 165 Å². The SMILES string of the molecule is C=C(CBr)[C@H]1CC[C@H]2[C@@H]3CC[C@H]4C[C@](O)(C(F)F)CC[C@@H]4[C@H]3CC[C@]12C. The molecule has 1 N–H and O–H groups in total. The van der Waals surface area contributed by atoms with Crippen LogP contribution >= 0.6 is 15.9 Å². The van der Waals surface area contributed by atoms with Gasteiger partial charge in [-0.15, -0.1) is 0 Å². The van der Waals surface area contributed by atoms with Gasteiger partial charge in [0.2, 0.25) is 0 Å². The molecule has 4 fully saturated rings. The van der Waals surface area contributed by atoms with Gasteiger partial charge in [0.05, 0.1) is 0 Å². The van der Waals surface area contributed by atoms with Gasteiger partial charge in [0.15, 0.2) is 0 Å². The van der Waals surface area contributed by atoms with E-state index in [2.05, 4.69) is 29.4 Å². The highest BCUT2D eigenvalue weighted by atomic mass is 79.9. The zero-order valence-electron chi connectivity index (χ0n) is 15.9. The van der Waals surface area contributed by atoms with Gasteiger partial charge in [-0.2, -0.15) is 0 Å². The van der Waals surface area contributed by atoms with Crippen LogP contribution in [0, 0.1) is 40.9 Å². The quantitative estimate of drug-likeness (QED) is 0.417. The number of fused-ring (bicyclic) bond motifs is 5. The monoisotopic (exact) mass is 430 g/mol. The molecule has 148 valence electrons. The van der Waals surface area contributed by atoms with Crippen LogP contribution < -0.4 is 0 Å². The van der Waals surface area contributed by atoms with Crippen molar-refractivity contribution in [2.24, 2.45) is 40.9 Å². The molecule has 1 nitrogen and oxygen atoms in total. The molecule has 4 rings (SSSR count). The predicted molar refractivity (Wildman–Crippen MR) is 104 cm³/mol. The van der Waals surface area contributed by atoms with E-state index < -0.39 is 12.0 Å². The topological polar surface area (TPSA) is 20.2 Å². The maximum atomic E-state index is 13.3. The molecule has 0 aliphatic heterocycles. The van der Waals surface area contributed by atoms with Crippen LogP contribution in [0.5, 0.6) is 0 Å². The molecular formula is C22H33BrF2O. The lowest BCUT2D eigenvalue weighted by Crippen LogP contribution is -2.52. The molecule has 0 radical (unpaired) electrons. The summed E-state index contributed by atoms with van der Waals surface area (Å²) in [5.41, 5.74) is 0.0299. The number of hydrogen-bond donors (Lipinski definition) is 1. The van der Waals surface area contributed by atoms with E-state index in [0.29, 0.717) is 41.9 Å². The first-order valence-electron chi connectivity index (χ1n) is 10.5. The number of aliphatic hydroxyl groups is 1. The first-order valence-corrected chi connectivity index (χ1v) is 11.7. The molecule has 0 aromatic rings. The molecule has 4 aliphatic rings. The van der Waals surface area contributed by atoms with Crippen LogP contribution in [0.25, 0.3) is 0 Å². The molecule has 4 saturated carbocycles. The summed E-state index contributed by atoms with van der Waals surface area (Å²) in [5, 5.41) is 11.2. The summed E-state index contributed by atoms with van der Waals surface area (Å²) < 4.78 is 26.6. The smallest absolute Gasteiger partial charge is 0.266 e. The van der Waals surface area contributed by atoms with E-state index in [-0.39, 0.29) is 0 Å². The summed E-state index contributed by atoms with van der Waals surface area (Å²) in [7, 11) is 0. The molecule has 0 aromatic heterocycles. The first-order chi connectivity index (χ1) is 12.3. The lowest BCUT2D eigenvalue weighted by Gasteiger charge is -2.57. The van der Waals surface area contributed by atoms with Gasteiger partial charge in [-0.1, -0.05) is 35.0 Å². The van der Waals surface area contributed by atoms with Crippen molar-refractivity contribution in [2.75, 3.05) is 5.33 Å². The van der Waals surface area contributed by atoms with E-state index >= 15 is 0 Å². The molecule has 0 heterocycles. The zero-order chi connectivity index (χ0) is 18.7. The fraction of sp³-hybridized carbons (Fsp3) is 0.909. The van der Waals surface area contributed by atoms with Gasteiger partial charge in [-0.25, -0.2) is 8.78 Å². The maximum Gasteiger partial charge on any atom is 0.266 e. The first kappa shape index (κ1) is 19.4. The van der Waals surface area contributed by atoms with Crippen LogP contribution in [-0.2, 0) is 0 Å². The number of allylic oxidation sites excluding steroid dienone is 1. The second kappa shape index (κ2) is 6.83. The van der Waals surface area contributed by atoms with Gasteiger partial charge < -0.3 is 5.11 Å². The van der Waals surface area contributed by atoms with Gasteiger partial charge in [-0.05, 0) is 98.7 Å². The fourth-order valence-electron chi connectivity index (χ4n) is 7.87. The molecular weight excluding hydrogens is 398 g/mol. The average Bonchev–Trinajstić information content (AvgIpc) is 2.97. The van der Waals surface area contributed by atoms with Gasteiger partial charge in [0.1, 0.15) is 5.60 Å². The second-order valence-corrected chi connectivity index (χ2v) is 10.6. The minimum Gasteiger partial charge on any atom is -0.384 e. The number of hydrogen-bond acceptors (Lipinski definition) is 1. The van der Waals surface area contributed by atoms with Crippen LogP contribution in [0.2, 0.25) is 0 Å². The Morgan fingerprint density at radius 1 is 1.08 bits per heavy atom. The third-order valence-electron chi connectivity index (χ3n) is 9.12. The average molecular weight is 431 g/mol. The molecule has 0 bridgehead atoms. The van der Waals surface area contributed by atoms with Gasteiger partial charge in [-0.3, -0.25) is 0 Å². The van der Waals surface area contributed by atoms with Crippen molar-refractivity contribution in [3.05, 3.63) is 12.2 Å². The second-order valence-electron chi connectivity index (χ2n) is 10.0. The largest absolute Gasteiger partial charge is 0.384 e. The Hall–Kier alpha value is 0.0400. The minimum absolute atomic E-state index is 0.292. The van der Waals surface area contributed by atoms with Crippen LogP contribution in [0.1, 0.15) is 64.7 Å². The van der Waals surface area contributed by atoms with Crippen molar-refractivity contribution in [3.8, 4) is 0 Å². The van der Waals surface area contributed by atoms with Gasteiger partial charge >= 0.3 is 0 Å². The summed E-state index contributed by atoms with van der Waals surface area (Å²) >= 11 is 3.62. The van der Waals surface area contributed by atoms with Crippen molar-refractivity contribution < 1.29 is 13.9 Å². The van der Waals surface area contributed by atoms with Crippen LogP contribution in [0.15, 0.2) is 12.2 Å². The third-order valence-corrected chi connectivity index (χ3v) is 9.84. The molecule has 0 amide bonds. The normalized spacial score (nSPS) is 50.8.